The van der Waals surface area contributed by atoms with Crippen molar-refractivity contribution >= 4 is 17.2 Å². The van der Waals surface area contributed by atoms with Crippen LogP contribution < -0.4 is 11.1 Å². The normalized spacial score (nSPS) is 10.3. The smallest absolute Gasteiger partial charge is 0.133 e. The van der Waals surface area contributed by atoms with Crippen molar-refractivity contribution in [2.24, 2.45) is 0 Å². The molecule has 88 valence electrons. The number of aryl methyl sites for hydroxylation is 3. The van der Waals surface area contributed by atoms with Gasteiger partial charge in [0.05, 0.1) is 11.9 Å². The van der Waals surface area contributed by atoms with Crippen LogP contribution in [0.4, 0.5) is 17.2 Å². The van der Waals surface area contributed by atoms with Gasteiger partial charge in [-0.3, -0.25) is 0 Å². The molecule has 0 saturated carbocycles. The third-order valence-corrected chi connectivity index (χ3v) is 2.82. The van der Waals surface area contributed by atoms with Crippen molar-refractivity contribution in [3.8, 4) is 0 Å². The molecule has 0 aliphatic carbocycles. The molecule has 1 heterocycles. The Morgan fingerprint density at radius 3 is 2.29 bits per heavy atom. The average Bonchev–Trinajstić information content (AvgIpc) is 2.26. The highest BCUT2D eigenvalue weighted by molar-refractivity contribution is 5.67. The Bertz CT molecular complexity index is 527. The Morgan fingerprint density at radius 2 is 1.71 bits per heavy atom. The highest BCUT2D eigenvalue weighted by atomic mass is 15.0. The minimum absolute atomic E-state index is 0.689. The van der Waals surface area contributed by atoms with Crippen molar-refractivity contribution in [2.75, 3.05) is 11.1 Å². The summed E-state index contributed by atoms with van der Waals surface area (Å²) in [6.45, 7) is 6.17. The van der Waals surface area contributed by atoms with Crippen LogP contribution in [0.25, 0.3) is 0 Å². The van der Waals surface area contributed by atoms with E-state index in [0.29, 0.717) is 5.69 Å². The summed E-state index contributed by atoms with van der Waals surface area (Å²) in [7, 11) is 0. The van der Waals surface area contributed by atoms with Gasteiger partial charge in [-0.1, -0.05) is 18.2 Å². The largest absolute Gasteiger partial charge is 0.397 e. The minimum atomic E-state index is 0.689. The number of hydrogen-bond acceptors (Lipinski definition) is 3. The zero-order chi connectivity index (χ0) is 12.4. The number of nitrogens with one attached hydrogen (secondary N) is 1. The molecule has 1 aromatic carbocycles. The highest BCUT2D eigenvalue weighted by Gasteiger charge is 2.05. The quantitative estimate of drug-likeness (QED) is 0.827. The standard InChI is InChI=1S/C14H17N3/c1-9-5-4-6-10(2)13(9)17-14-11(3)7-12(15)8-16-14/h4-8H,15H2,1-3H3,(H,16,17). The van der Waals surface area contributed by atoms with Gasteiger partial charge in [-0.25, -0.2) is 4.98 Å². The van der Waals surface area contributed by atoms with Crippen LogP contribution in [-0.2, 0) is 0 Å². The molecule has 2 rings (SSSR count). The Balaban J connectivity index is 2.38. The van der Waals surface area contributed by atoms with E-state index in [4.69, 9.17) is 5.73 Å². The summed E-state index contributed by atoms with van der Waals surface area (Å²) in [5.41, 5.74) is 11.0. The fourth-order valence-electron chi connectivity index (χ4n) is 1.86. The molecule has 1 aromatic heterocycles. The maximum Gasteiger partial charge on any atom is 0.133 e. The van der Waals surface area contributed by atoms with E-state index in [2.05, 4.69) is 42.3 Å². The number of para-hydroxylation sites is 1. The second-order valence-electron chi connectivity index (χ2n) is 4.33. The van der Waals surface area contributed by atoms with E-state index in [1.54, 1.807) is 6.20 Å². The number of benzene rings is 1. The molecule has 3 N–H and O–H groups in total. The van der Waals surface area contributed by atoms with E-state index >= 15 is 0 Å². The van der Waals surface area contributed by atoms with E-state index < -0.39 is 0 Å². The number of anilines is 3. The third-order valence-electron chi connectivity index (χ3n) is 2.82. The maximum atomic E-state index is 5.69. The lowest BCUT2D eigenvalue weighted by Gasteiger charge is -2.13. The average molecular weight is 227 g/mol. The fourth-order valence-corrected chi connectivity index (χ4v) is 1.86. The van der Waals surface area contributed by atoms with E-state index in [1.165, 1.54) is 11.1 Å². The lowest BCUT2D eigenvalue weighted by atomic mass is 10.1. The highest BCUT2D eigenvalue weighted by Crippen LogP contribution is 2.25. The first-order chi connectivity index (χ1) is 8.08. The number of pyridine rings is 1. The summed E-state index contributed by atoms with van der Waals surface area (Å²) in [5.74, 6) is 0.858. The van der Waals surface area contributed by atoms with Gasteiger partial charge in [-0.05, 0) is 43.5 Å². The zero-order valence-corrected chi connectivity index (χ0v) is 10.4. The minimum Gasteiger partial charge on any atom is -0.397 e. The molecule has 0 amide bonds. The van der Waals surface area contributed by atoms with E-state index in [1.807, 2.05) is 13.0 Å². The molecule has 0 atom stereocenters. The monoisotopic (exact) mass is 227 g/mol. The molecule has 2 aromatic rings. The first kappa shape index (κ1) is 11.5. The van der Waals surface area contributed by atoms with Gasteiger partial charge in [0.15, 0.2) is 0 Å². The van der Waals surface area contributed by atoms with Gasteiger partial charge in [0.2, 0.25) is 0 Å². The van der Waals surface area contributed by atoms with Crippen molar-refractivity contribution in [3.05, 3.63) is 47.2 Å². The van der Waals surface area contributed by atoms with Crippen LogP contribution in [0.3, 0.4) is 0 Å². The van der Waals surface area contributed by atoms with E-state index in [9.17, 15) is 0 Å². The van der Waals surface area contributed by atoms with Crippen LogP contribution in [0.2, 0.25) is 0 Å². The van der Waals surface area contributed by atoms with Crippen molar-refractivity contribution in [1.82, 2.24) is 4.98 Å². The molecular formula is C14H17N3. The molecule has 3 nitrogen and oxygen atoms in total. The lowest BCUT2D eigenvalue weighted by molar-refractivity contribution is 1.24. The van der Waals surface area contributed by atoms with Crippen molar-refractivity contribution in [3.63, 3.8) is 0 Å². The fraction of sp³-hybridized carbons (Fsp3) is 0.214. The van der Waals surface area contributed by atoms with Crippen LogP contribution in [-0.4, -0.2) is 4.98 Å². The second kappa shape index (κ2) is 4.45. The Hall–Kier alpha value is -2.03. The SMILES string of the molecule is Cc1cc(N)cnc1Nc1c(C)cccc1C. The lowest BCUT2D eigenvalue weighted by Crippen LogP contribution is -2.01. The summed E-state index contributed by atoms with van der Waals surface area (Å²) in [6, 6.07) is 8.14. The van der Waals surface area contributed by atoms with Gasteiger partial charge >= 0.3 is 0 Å². The Morgan fingerprint density at radius 1 is 1.06 bits per heavy atom. The first-order valence-electron chi connectivity index (χ1n) is 5.63. The number of nitrogens with zero attached hydrogens (tertiary/aromatic N) is 1. The van der Waals surface area contributed by atoms with Crippen molar-refractivity contribution < 1.29 is 0 Å². The second-order valence-corrected chi connectivity index (χ2v) is 4.33. The van der Waals surface area contributed by atoms with Crippen molar-refractivity contribution in [1.29, 1.82) is 0 Å². The summed E-state index contributed by atoms with van der Waals surface area (Å²) in [6.07, 6.45) is 1.67. The first-order valence-corrected chi connectivity index (χ1v) is 5.63. The predicted molar refractivity (Wildman–Crippen MR) is 72.6 cm³/mol. The molecule has 0 radical (unpaired) electrons. The molecule has 0 spiro atoms. The molecule has 0 aliphatic heterocycles. The van der Waals surface area contributed by atoms with Gasteiger partial charge in [-0.15, -0.1) is 0 Å². The molecule has 0 aliphatic rings. The molecule has 0 fully saturated rings. The van der Waals surface area contributed by atoms with Gasteiger partial charge in [0.25, 0.3) is 0 Å². The summed E-state index contributed by atoms with van der Waals surface area (Å²) >= 11 is 0. The molecule has 17 heavy (non-hydrogen) atoms. The zero-order valence-electron chi connectivity index (χ0n) is 10.4. The van der Waals surface area contributed by atoms with Crippen LogP contribution in [0.5, 0.6) is 0 Å². The van der Waals surface area contributed by atoms with Gasteiger partial charge in [-0.2, -0.15) is 0 Å². The van der Waals surface area contributed by atoms with Crippen LogP contribution in [0.15, 0.2) is 30.5 Å². The molecule has 0 bridgehead atoms. The van der Waals surface area contributed by atoms with Gasteiger partial charge < -0.3 is 11.1 Å². The molecule has 0 unspecified atom stereocenters. The summed E-state index contributed by atoms with van der Waals surface area (Å²) in [4.78, 5) is 4.32. The maximum absolute atomic E-state index is 5.69. The molecular weight excluding hydrogens is 210 g/mol. The number of nitrogen functional groups attached to an aromatic ring is 1. The number of nitrogens with two attached hydrogens (primary N) is 1. The van der Waals surface area contributed by atoms with E-state index in [0.717, 1.165) is 17.1 Å². The summed E-state index contributed by atoms with van der Waals surface area (Å²) < 4.78 is 0. The van der Waals surface area contributed by atoms with Gasteiger partial charge in [0.1, 0.15) is 5.82 Å². The Kier molecular flexibility index (Phi) is 3.00. The summed E-state index contributed by atoms with van der Waals surface area (Å²) in [5, 5.41) is 3.37. The molecule has 3 heteroatoms. The number of rotatable bonds is 2. The van der Waals surface area contributed by atoms with E-state index in [-0.39, 0.29) is 0 Å². The third kappa shape index (κ3) is 2.38. The van der Waals surface area contributed by atoms with Crippen LogP contribution >= 0.6 is 0 Å². The molecule has 0 saturated heterocycles. The number of hydrogen-bond donors (Lipinski definition) is 2. The Labute approximate surface area is 102 Å². The predicted octanol–water partition coefficient (Wildman–Crippen LogP) is 3.33. The number of aromatic nitrogens is 1. The van der Waals surface area contributed by atoms with Crippen LogP contribution in [0.1, 0.15) is 16.7 Å². The van der Waals surface area contributed by atoms with Gasteiger partial charge in [0, 0.05) is 5.69 Å². The van der Waals surface area contributed by atoms with Crippen molar-refractivity contribution in [2.45, 2.75) is 20.8 Å². The topological polar surface area (TPSA) is 50.9 Å². The van der Waals surface area contributed by atoms with Crippen LogP contribution in [0, 0.1) is 20.8 Å².